The zero-order valence-electron chi connectivity index (χ0n) is 18.4. The lowest BCUT2D eigenvalue weighted by Gasteiger charge is -2.15. The first-order valence-electron chi connectivity index (χ1n) is 10.2. The van der Waals surface area contributed by atoms with Crippen LogP contribution in [-0.4, -0.2) is 37.5 Å². The monoisotopic (exact) mass is 516 g/mol. The molecule has 9 nitrogen and oxygen atoms in total. The van der Waals surface area contributed by atoms with Gasteiger partial charge in [0.25, 0.3) is 15.9 Å². The van der Waals surface area contributed by atoms with Gasteiger partial charge in [-0.3, -0.25) is 4.79 Å². The number of carbonyl (C=O) groups excluding carboxylic acids is 2. The molecule has 35 heavy (non-hydrogen) atoms. The van der Waals surface area contributed by atoms with Crippen LogP contribution in [0.3, 0.4) is 0 Å². The van der Waals surface area contributed by atoms with E-state index in [1.165, 1.54) is 48.5 Å². The van der Waals surface area contributed by atoms with Crippen molar-refractivity contribution in [1.29, 1.82) is 0 Å². The normalized spacial score (nSPS) is 11.8. The predicted octanol–water partition coefficient (Wildman–Crippen LogP) is 3.55. The van der Waals surface area contributed by atoms with Crippen molar-refractivity contribution < 1.29 is 32.6 Å². The molecule has 0 heterocycles. The quantitative estimate of drug-likeness (QED) is 0.416. The molecule has 3 aromatic rings. The summed E-state index contributed by atoms with van der Waals surface area (Å²) in [6, 6.07) is 16.7. The Kier molecular flexibility index (Phi) is 8.10. The van der Waals surface area contributed by atoms with Gasteiger partial charge in [-0.25, -0.2) is 22.7 Å². The topological polar surface area (TPSA) is 139 Å². The van der Waals surface area contributed by atoms with Gasteiger partial charge in [0.05, 0.1) is 15.5 Å². The van der Waals surface area contributed by atoms with Crippen LogP contribution in [0.15, 0.2) is 77.7 Å². The molecule has 0 aliphatic carbocycles. The Morgan fingerprint density at radius 1 is 0.971 bits per heavy atom. The molecule has 0 bridgehead atoms. The third-order valence-electron chi connectivity index (χ3n) is 4.84. The van der Waals surface area contributed by atoms with E-state index in [2.05, 4.69) is 5.32 Å². The largest absolute Gasteiger partial charge is 0.480 e. The summed E-state index contributed by atoms with van der Waals surface area (Å²) in [5, 5.41) is 12.1. The van der Waals surface area contributed by atoms with Crippen LogP contribution in [0.4, 0.5) is 4.79 Å². The summed E-state index contributed by atoms with van der Waals surface area (Å²) < 4.78 is 31.4. The molecule has 1 atom stereocenters. The van der Waals surface area contributed by atoms with Gasteiger partial charge in [-0.2, -0.15) is 0 Å². The van der Waals surface area contributed by atoms with Gasteiger partial charge in [0.15, 0.2) is 0 Å². The molecule has 11 heteroatoms. The van der Waals surface area contributed by atoms with E-state index in [9.17, 15) is 27.9 Å². The lowest BCUT2D eigenvalue weighted by atomic mass is 10.1. The fourth-order valence-electron chi connectivity index (χ4n) is 3.02. The molecular weight excluding hydrogens is 496 g/mol. The maximum Gasteiger partial charge on any atom is 0.426 e. The van der Waals surface area contributed by atoms with Crippen molar-refractivity contribution in [2.24, 2.45) is 0 Å². The van der Waals surface area contributed by atoms with Gasteiger partial charge in [-0.05, 0) is 48.9 Å². The van der Waals surface area contributed by atoms with E-state index in [1.807, 2.05) is 4.72 Å². The van der Waals surface area contributed by atoms with Gasteiger partial charge >= 0.3 is 12.1 Å². The standard InChI is InChI=1S/C24H21ClN2O7S/c1-15-6-12-18(13-7-15)35(32,33)27-24(31)34-17-10-8-16(9-11-17)14-21(23(29)30)26-22(28)19-4-2-3-5-20(19)25/h2-13,21H,14H2,1H3,(H,26,28)(H,27,31)(H,29,30)/t21-/m0/s1. The zero-order chi connectivity index (χ0) is 25.6. The number of sulfonamides is 1. The number of halogens is 1. The van der Waals surface area contributed by atoms with Crippen molar-refractivity contribution in [2.75, 3.05) is 0 Å². The van der Waals surface area contributed by atoms with Crippen LogP contribution in [-0.2, 0) is 21.2 Å². The number of aryl methyl sites for hydroxylation is 1. The minimum atomic E-state index is -4.11. The van der Waals surface area contributed by atoms with Crippen molar-refractivity contribution in [1.82, 2.24) is 10.0 Å². The molecule has 0 unspecified atom stereocenters. The van der Waals surface area contributed by atoms with Gasteiger partial charge in [-0.15, -0.1) is 0 Å². The summed E-state index contributed by atoms with van der Waals surface area (Å²) in [5.74, 6) is -1.84. The van der Waals surface area contributed by atoms with E-state index in [1.54, 1.807) is 31.2 Å². The van der Waals surface area contributed by atoms with Crippen LogP contribution in [0.25, 0.3) is 0 Å². The highest BCUT2D eigenvalue weighted by molar-refractivity contribution is 7.90. The number of ether oxygens (including phenoxy) is 1. The third kappa shape index (κ3) is 7.05. The number of amides is 2. The molecule has 2 amide bonds. The fraction of sp³-hybridized carbons (Fsp3) is 0.125. The minimum absolute atomic E-state index is 0.0392. The molecule has 0 fully saturated rings. The molecule has 0 saturated heterocycles. The number of nitrogens with one attached hydrogen (secondary N) is 2. The second-order valence-corrected chi connectivity index (χ2v) is 9.59. The second-order valence-electron chi connectivity index (χ2n) is 7.50. The lowest BCUT2D eigenvalue weighted by molar-refractivity contribution is -0.139. The number of rotatable bonds is 8. The Morgan fingerprint density at radius 2 is 1.60 bits per heavy atom. The smallest absolute Gasteiger partial charge is 0.426 e. The molecule has 0 saturated carbocycles. The molecule has 3 rings (SSSR count). The molecule has 0 aliphatic heterocycles. The van der Waals surface area contributed by atoms with Gasteiger partial charge in [0.2, 0.25) is 0 Å². The number of benzene rings is 3. The number of hydrogen-bond acceptors (Lipinski definition) is 6. The first-order chi connectivity index (χ1) is 16.5. The van der Waals surface area contributed by atoms with Crippen LogP contribution in [0.5, 0.6) is 5.75 Å². The van der Waals surface area contributed by atoms with E-state index in [0.717, 1.165) is 5.56 Å². The van der Waals surface area contributed by atoms with Crippen LogP contribution in [0.1, 0.15) is 21.5 Å². The third-order valence-corrected chi connectivity index (χ3v) is 6.50. The second kappa shape index (κ2) is 11.0. The first-order valence-corrected chi connectivity index (χ1v) is 12.1. The maximum atomic E-state index is 12.4. The Morgan fingerprint density at radius 3 is 2.20 bits per heavy atom. The van der Waals surface area contributed by atoms with E-state index in [0.29, 0.717) is 5.56 Å². The van der Waals surface area contributed by atoms with Crippen molar-refractivity contribution in [2.45, 2.75) is 24.3 Å². The van der Waals surface area contributed by atoms with E-state index < -0.39 is 34.0 Å². The molecule has 0 radical (unpaired) electrons. The Labute approximate surface area is 206 Å². The number of hydrogen-bond donors (Lipinski definition) is 3. The molecule has 0 aliphatic rings. The van der Waals surface area contributed by atoms with Crippen LogP contribution in [0, 0.1) is 6.92 Å². The molecular formula is C24H21ClN2O7S. The number of carbonyl (C=O) groups is 3. The van der Waals surface area contributed by atoms with Crippen molar-refractivity contribution in [3.8, 4) is 5.75 Å². The Balaban J connectivity index is 1.61. The zero-order valence-corrected chi connectivity index (χ0v) is 20.0. The Hall–Kier alpha value is -3.89. The average Bonchev–Trinajstić information content (AvgIpc) is 2.80. The van der Waals surface area contributed by atoms with Gasteiger partial charge in [0, 0.05) is 6.42 Å². The summed E-state index contributed by atoms with van der Waals surface area (Å²) in [6.45, 7) is 1.80. The lowest BCUT2D eigenvalue weighted by Crippen LogP contribution is -2.42. The van der Waals surface area contributed by atoms with Gasteiger partial charge in [-0.1, -0.05) is 53.6 Å². The SMILES string of the molecule is Cc1ccc(S(=O)(=O)NC(=O)Oc2ccc(C[C@H](NC(=O)c3ccccc3Cl)C(=O)O)cc2)cc1. The molecule has 0 spiro atoms. The van der Waals surface area contributed by atoms with Crippen molar-refractivity contribution >= 4 is 39.6 Å². The highest BCUT2D eigenvalue weighted by atomic mass is 35.5. The molecule has 3 aromatic carbocycles. The number of carboxylic acid groups (broad SMARTS) is 1. The van der Waals surface area contributed by atoms with Crippen molar-refractivity contribution in [3.05, 3.63) is 94.5 Å². The van der Waals surface area contributed by atoms with Crippen LogP contribution < -0.4 is 14.8 Å². The average molecular weight is 517 g/mol. The number of carboxylic acids is 1. The van der Waals surface area contributed by atoms with Gasteiger partial charge < -0.3 is 15.2 Å². The molecule has 3 N–H and O–H groups in total. The summed E-state index contributed by atoms with van der Waals surface area (Å²) in [5.41, 5.74) is 1.54. The molecule has 0 aromatic heterocycles. The van der Waals surface area contributed by atoms with Crippen LogP contribution >= 0.6 is 11.6 Å². The van der Waals surface area contributed by atoms with E-state index >= 15 is 0 Å². The predicted molar refractivity (Wildman–Crippen MR) is 128 cm³/mol. The van der Waals surface area contributed by atoms with Crippen molar-refractivity contribution in [3.63, 3.8) is 0 Å². The highest BCUT2D eigenvalue weighted by Gasteiger charge is 2.23. The summed E-state index contributed by atoms with van der Waals surface area (Å²) >= 11 is 5.99. The van der Waals surface area contributed by atoms with E-state index in [4.69, 9.17) is 16.3 Å². The minimum Gasteiger partial charge on any atom is -0.480 e. The highest BCUT2D eigenvalue weighted by Crippen LogP contribution is 2.17. The fourth-order valence-corrected chi connectivity index (χ4v) is 4.12. The van der Waals surface area contributed by atoms with E-state index in [-0.39, 0.29) is 27.7 Å². The number of aliphatic carboxylic acids is 1. The summed E-state index contributed by atoms with van der Waals surface area (Å²) in [7, 11) is -4.11. The van der Waals surface area contributed by atoms with Crippen LogP contribution in [0.2, 0.25) is 5.02 Å². The first kappa shape index (κ1) is 25.7. The molecule has 182 valence electrons. The van der Waals surface area contributed by atoms with Gasteiger partial charge in [0.1, 0.15) is 11.8 Å². The maximum absolute atomic E-state index is 12.4. The summed E-state index contributed by atoms with van der Waals surface area (Å²) in [6.07, 6.45) is -1.26. The summed E-state index contributed by atoms with van der Waals surface area (Å²) in [4.78, 5) is 36.0. The Bertz CT molecular complexity index is 1340.